The van der Waals surface area contributed by atoms with Gasteiger partial charge in [-0.3, -0.25) is 0 Å². The van der Waals surface area contributed by atoms with Crippen LogP contribution in [0.2, 0.25) is 0 Å². The van der Waals surface area contributed by atoms with E-state index >= 15 is 0 Å². The number of rotatable bonds is 3. The van der Waals surface area contributed by atoms with E-state index in [1.807, 2.05) is 6.20 Å². The van der Waals surface area contributed by atoms with Gasteiger partial charge in [0.25, 0.3) is 0 Å². The first kappa shape index (κ1) is 13.1. The zero-order chi connectivity index (χ0) is 13.1. The third-order valence-corrected chi connectivity index (χ3v) is 3.38. The molecule has 0 aromatic carbocycles. The summed E-state index contributed by atoms with van der Waals surface area (Å²) >= 11 is 0. The van der Waals surface area contributed by atoms with E-state index < -0.39 is 0 Å². The van der Waals surface area contributed by atoms with Crippen molar-refractivity contribution in [1.82, 2.24) is 14.9 Å². The molecule has 0 saturated carbocycles. The molecule has 2 rings (SSSR count). The average Bonchev–Trinajstić information content (AvgIpc) is 2.33. The highest BCUT2D eigenvalue weighted by molar-refractivity contribution is 5.50. The molecule has 1 saturated heterocycles. The standard InChI is InChI=1S/C13H23N5/c1-5-14-13-15-8-10(2)12(16-13)18-7-6-17(4)9-11(18)3/h8,11H,5-7,9H2,1-4H3,(H,14,15,16). The molecule has 0 amide bonds. The molecule has 100 valence electrons. The molecule has 1 unspecified atom stereocenters. The van der Waals surface area contributed by atoms with Crippen molar-refractivity contribution in [2.45, 2.75) is 26.8 Å². The van der Waals surface area contributed by atoms with E-state index in [-0.39, 0.29) is 0 Å². The highest BCUT2D eigenvalue weighted by Gasteiger charge is 2.24. The summed E-state index contributed by atoms with van der Waals surface area (Å²) in [6.07, 6.45) is 1.91. The molecule has 1 N–H and O–H groups in total. The van der Waals surface area contributed by atoms with Gasteiger partial charge in [0.15, 0.2) is 0 Å². The highest BCUT2D eigenvalue weighted by atomic mass is 15.3. The van der Waals surface area contributed by atoms with E-state index in [2.05, 4.69) is 52.9 Å². The third kappa shape index (κ3) is 2.72. The lowest BCUT2D eigenvalue weighted by molar-refractivity contribution is 0.274. The Morgan fingerprint density at radius 1 is 1.44 bits per heavy atom. The van der Waals surface area contributed by atoms with E-state index in [1.165, 1.54) is 0 Å². The molecule has 2 heterocycles. The van der Waals surface area contributed by atoms with Crippen molar-refractivity contribution in [3.8, 4) is 0 Å². The number of aromatic nitrogens is 2. The molecule has 0 aliphatic carbocycles. The second kappa shape index (κ2) is 5.52. The van der Waals surface area contributed by atoms with Gasteiger partial charge in [-0.05, 0) is 27.8 Å². The predicted molar refractivity (Wildman–Crippen MR) is 75.2 cm³/mol. The Balaban J connectivity index is 2.23. The Hall–Kier alpha value is -1.36. The smallest absolute Gasteiger partial charge is 0.224 e. The van der Waals surface area contributed by atoms with Crippen LogP contribution in [0.25, 0.3) is 0 Å². The van der Waals surface area contributed by atoms with Crippen molar-refractivity contribution in [3.05, 3.63) is 11.8 Å². The molecule has 0 spiro atoms. The van der Waals surface area contributed by atoms with Crippen LogP contribution in [0.3, 0.4) is 0 Å². The zero-order valence-corrected chi connectivity index (χ0v) is 11.8. The third-order valence-electron chi connectivity index (χ3n) is 3.38. The number of anilines is 2. The Bertz CT molecular complexity index is 406. The lowest BCUT2D eigenvalue weighted by atomic mass is 10.2. The molecule has 5 nitrogen and oxygen atoms in total. The van der Waals surface area contributed by atoms with Crippen molar-refractivity contribution in [1.29, 1.82) is 0 Å². The minimum atomic E-state index is 0.492. The van der Waals surface area contributed by atoms with Crippen molar-refractivity contribution in [2.75, 3.05) is 43.4 Å². The minimum Gasteiger partial charge on any atom is -0.354 e. The van der Waals surface area contributed by atoms with Gasteiger partial charge in [-0.1, -0.05) is 0 Å². The van der Waals surface area contributed by atoms with Crippen LogP contribution in [0.1, 0.15) is 19.4 Å². The summed E-state index contributed by atoms with van der Waals surface area (Å²) in [5, 5.41) is 3.18. The molecule has 1 aromatic rings. The molecule has 1 aromatic heterocycles. The Morgan fingerprint density at radius 3 is 2.89 bits per heavy atom. The average molecular weight is 249 g/mol. The van der Waals surface area contributed by atoms with E-state index in [4.69, 9.17) is 0 Å². The summed E-state index contributed by atoms with van der Waals surface area (Å²) < 4.78 is 0. The van der Waals surface area contributed by atoms with Gasteiger partial charge in [-0.2, -0.15) is 4.98 Å². The fourth-order valence-electron chi connectivity index (χ4n) is 2.42. The van der Waals surface area contributed by atoms with Crippen LogP contribution in [-0.2, 0) is 0 Å². The van der Waals surface area contributed by atoms with Gasteiger partial charge in [0, 0.05) is 44.0 Å². The van der Waals surface area contributed by atoms with Gasteiger partial charge in [0.05, 0.1) is 0 Å². The van der Waals surface area contributed by atoms with Gasteiger partial charge >= 0.3 is 0 Å². The molecular formula is C13H23N5. The fourth-order valence-corrected chi connectivity index (χ4v) is 2.42. The van der Waals surface area contributed by atoms with Gasteiger partial charge < -0.3 is 15.1 Å². The first-order valence-electron chi connectivity index (χ1n) is 6.64. The van der Waals surface area contributed by atoms with Gasteiger partial charge in [-0.25, -0.2) is 4.98 Å². The lowest BCUT2D eigenvalue weighted by Gasteiger charge is -2.39. The molecular weight excluding hydrogens is 226 g/mol. The summed E-state index contributed by atoms with van der Waals surface area (Å²) in [6.45, 7) is 10.4. The molecule has 0 radical (unpaired) electrons. The fraction of sp³-hybridized carbons (Fsp3) is 0.692. The monoisotopic (exact) mass is 249 g/mol. The number of nitrogens with one attached hydrogen (secondary N) is 1. The summed E-state index contributed by atoms with van der Waals surface area (Å²) in [6, 6.07) is 0.492. The Labute approximate surface area is 109 Å². The van der Waals surface area contributed by atoms with Crippen molar-refractivity contribution >= 4 is 11.8 Å². The van der Waals surface area contributed by atoms with Crippen LogP contribution >= 0.6 is 0 Å². The number of likely N-dealkylation sites (N-methyl/N-ethyl adjacent to an activating group) is 1. The first-order chi connectivity index (χ1) is 8.61. The maximum atomic E-state index is 4.65. The summed E-state index contributed by atoms with van der Waals surface area (Å²) in [7, 11) is 2.17. The van der Waals surface area contributed by atoms with Crippen molar-refractivity contribution in [3.63, 3.8) is 0 Å². The maximum absolute atomic E-state index is 4.65. The van der Waals surface area contributed by atoms with E-state index in [9.17, 15) is 0 Å². The minimum absolute atomic E-state index is 0.492. The molecule has 0 bridgehead atoms. The summed E-state index contributed by atoms with van der Waals surface area (Å²) in [4.78, 5) is 13.7. The normalized spacial score (nSPS) is 21.1. The van der Waals surface area contributed by atoms with E-state index in [0.717, 1.165) is 43.5 Å². The predicted octanol–water partition coefficient (Wildman–Crippen LogP) is 1.36. The van der Waals surface area contributed by atoms with E-state index in [1.54, 1.807) is 0 Å². The van der Waals surface area contributed by atoms with Crippen LogP contribution in [0.15, 0.2) is 6.20 Å². The summed E-state index contributed by atoms with van der Waals surface area (Å²) in [5.41, 5.74) is 1.15. The van der Waals surface area contributed by atoms with Crippen LogP contribution in [0.4, 0.5) is 11.8 Å². The highest BCUT2D eigenvalue weighted by Crippen LogP contribution is 2.22. The molecule has 1 aliphatic rings. The SMILES string of the molecule is CCNc1ncc(C)c(N2CCN(C)CC2C)n1. The van der Waals surface area contributed by atoms with Crippen LogP contribution in [0, 0.1) is 6.92 Å². The van der Waals surface area contributed by atoms with E-state index in [0.29, 0.717) is 6.04 Å². The first-order valence-corrected chi connectivity index (χ1v) is 6.64. The number of nitrogens with zero attached hydrogens (tertiary/aromatic N) is 4. The van der Waals surface area contributed by atoms with Gasteiger partial charge in [-0.15, -0.1) is 0 Å². The second-order valence-corrected chi connectivity index (χ2v) is 5.04. The molecule has 1 aliphatic heterocycles. The largest absolute Gasteiger partial charge is 0.354 e. The second-order valence-electron chi connectivity index (χ2n) is 5.04. The van der Waals surface area contributed by atoms with Gasteiger partial charge in [0.2, 0.25) is 5.95 Å². The number of hydrogen-bond acceptors (Lipinski definition) is 5. The quantitative estimate of drug-likeness (QED) is 0.876. The van der Waals surface area contributed by atoms with Gasteiger partial charge in [0.1, 0.15) is 5.82 Å². The van der Waals surface area contributed by atoms with Crippen molar-refractivity contribution < 1.29 is 0 Å². The lowest BCUT2D eigenvalue weighted by Crippen LogP contribution is -2.51. The molecule has 1 fully saturated rings. The van der Waals surface area contributed by atoms with Crippen LogP contribution < -0.4 is 10.2 Å². The Morgan fingerprint density at radius 2 is 2.22 bits per heavy atom. The number of piperazine rings is 1. The molecule has 5 heteroatoms. The molecule has 1 atom stereocenters. The topological polar surface area (TPSA) is 44.3 Å². The summed E-state index contributed by atoms with van der Waals surface area (Å²) in [5.74, 6) is 1.80. The van der Waals surface area contributed by atoms with Crippen LogP contribution in [-0.4, -0.2) is 54.1 Å². The number of hydrogen-bond donors (Lipinski definition) is 1. The van der Waals surface area contributed by atoms with Crippen LogP contribution in [0.5, 0.6) is 0 Å². The van der Waals surface area contributed by atoms with Crippen molar-refractivity contribution in [2.24, 2.45) is 0 Å². The maximum Gasteiger partial charge on any atom is 0.224 e. The molecule has 18 heavy (non-hydrogen) atoms. The number of aryl methyl sites for hydroxylation is 1. The zero-order valence-electron chi connectivity index (χ0n) is 11.8. The Kier molecular flexibility index (Phi) is 4.01.